The normalized spacial score (nSPS) is 12.5. The van der Waals surface area contributed by atoms with E-state index < -0.39 is 12.1 Å². The summed E-state index contributed by atoms with van der Waals surface area (Å²) in [5.41, 5.74) is 0.711. The lowest BCUT2D eigenvalue weighted by molar-refractivity contribution is -0.146. The number of hydrogen-bond acceptors (Lipinski definition) is 2. The minimum atomic E-state index is -1.36. The van der Waals surface area contributed by atoms with Gasteiger partial charge in [-0.2, -0.15) is 0 Å². The largest absolute Gasteiger partial charge is 0.479 e. The first-order valence-corrected chi connectivity index (χ1v) is 4.12. The Balaban J connectivity index is 2.69. The van der Waals surface area contributed by atoms with Crippen LogP contribution in [0.5, 0.6) is 0 Å². The van der Waals surface area contributed by atoms with Crippen LogP contribution in [0.3, 0.4) is 0 Å². The summed E-state index contributed by atoms with van der Waals surface area (Å²) < 4.78 is 0. The molecule has 0 fully saturated rings. The van der Waals surface area contributed by atoms with Crippen LogP contribution < -0.4 is 0 Å². The number of rotatable bonds is 3. The van der Waals surface area contributed by atoms with E-state index in [0.717, 1.165) is 0 Å². The molecule has 0 heterocycles. The van der Waals surface area contributed by atoms with Crippen LogP contribution in [0.2, 0.25) is 5.02 Å². The quantitative estimate of drug-likeness (QED) is 0.774. The van der Waals surface area contributed by atoms with Gasteiger partial charge in [0.2, 0.25) is 0 Å². The average molecular weight is 201 g/mol. The predicted octanol–water partition coefficient (Wildman–Crippen LogP) is 1.33. The number of carboxylic acids is 1. The fourth-order valence-electron chi connectivity index (χ4n) is 0.975. The second-order valence-corrected chi connectivity index (χ2v) is 3.12. The van der Waals surface area contributed by atoms with Crippen molar-refractivity contribution in [1.29, 1.82) is 0 Å². The van der Waals surface area contributed by atoms with Crippen molar-refractivity contribution in [3.8, 4) is 0 Å². The lowest BCUT2D eigenvalue weighted by Crippen LogP contribution is -2.21. The molecule has 0 aliphatic carbocycles. The number of carbonyl (C=O) groups is 1. The minimum Gasteiger partial charge on any atom is -0.479 e. The molecule has 1 aromatic carbocycles. The Morgan fingerprint density at radius 1 is 1.54 bits per heavy atom. The van der Waals surface area contributed by atoms with Crippen molar-refractivity contribution < 1.29 is 15.0 Å². The third kappa shape index (κ3) is 3.05. The zero-order valence-electron chi connectivity index (χ0n) is 6.77. The van der Waals surface area contributed by atoms with Crippen LogP contribution in [-0.4, -0.2) is 22.3 Å². The highest BCUT2D eigenvalue weighted by atomic mass is 35.5. The van der Waals surface area contributed by atoms with Crippen molar-refractivity contribution in [1.82, 2.24) is 0 Å². The van der Waals surface area contributed by atoms with Crippen LogP contribution in [-0.2, 0) is 11.2 Å². The Morgan fingerprint density at radius 2 is 2.23 bits per heavy atom. The van der Waals surface area contributed by atoms with Crippen molar-refractivity contribution in [2.75, 3.05) is 0 Å². The number of aliphatic hydroxyl groups excluding tert-OH is 1. The Kier molecular flexibility index (Phi) is 3.28. The lowest BCUT2D eigenvalue weighted by Gasteiger charge is -2.04. The first-order valence-electron chi connectivity index (χ1n) is 3.75. The second kappa shape index (κ2) is 4.25. The molecule has 3 nitrogen and oxygen atoms in total. The molecular formula is C9H9ClO3. The van der Waals surface area contributed by atoms with E-state index in [1.807, 2.05) is 0 Å². The monoisotopic (exact) mass is 200 g/mol. The van der Waals surface area contributed by atoms with E-state index in [0.29, 0.717) is 10.6 Å². The van der Waals surface area contributed by atoms with Crippen LogP contribution in [0.1, 0.15) is 5.56 Å². The van der Waals surface area contributed by atoms with Gasteiger partial charge in [-0.25, -0.2) is 4.79 Å². The van der Waals surface area contributed by atoms with Crippen molar-refractivity contribution >= 4 is 17.6 Å². The van der Waals surface area contributed by atoms with Crippen molar-refractivity contribution in [3.63, 3.8) is 0 Å². The standard InChI is InChI=1S/C9H9ClO3/c10-7-3-1-2-6(4-7)5-8(11)9(12)13/h1-4,8,11H,5H2,(H,12,13)/t8-/m0/s1. The maximum atomic E-state index is 10.3. The van der Waals surface area contributed by atoms with Gasteiger partial charge >= 0.3 is 5.97 Å². The molecule has 0 amide bonds. The number of aliphatic carboxylic acids is 1. The summed E-state index contributed by atoms with van der Waals surface area (Å²) >= 11 is 5.68. The van der Waals surface area contributed by atoms with E-state index >= 15 is 0 Å². The average Bonchev–Trinajstić information content (AvgIpc) is 2.04. The van der Waals surface area contributed by atoms with Crippen molar-refractivity contribution in [2.45, 2.75) is 12.5 Å². The first-order chi connectivity index (χ1) is 6.09. The molecule has 0 aromatic heterocycles. The molecule has 1 atom stereocenters. The highest BCUT2D eigenvalue weighted by molar-refractivity contribution is 6.30. The smallest absolute Gasteiger partial charge is 0.332 e. The summed E-state index contributed by atoms with van der Waals surface area (Å²) in [6.07, 6.45) is -1.28. The third-order valence-corrected chi connectivity index (χ3v) is 1.84. The molecule has 13 heavy (non-hydrogen) atoms. The zero-order chi connectivity index (χ0) is 9.84. The molecule has 1 aromatic rings. The molecule has 4 heteroatoms. The van der Waals surface area contributed by atoms with Crippen LogP contribution >= 0.6 is 11.6 Å². The molecule has 0 aliphatic rings. The van der Waals surface area contributed by atoms with E-state index in [1.165, 1.54) is 0 Å². The lowest BCUT2D eigenvalue weighted by atomic mass is 10.1. The van der Waals surface area contributed by atoms with Crippen LogP contribution in [0.4, 0.5) is 0 Å². The Bertz CT molecular complexity index is 311. The van der Waals surface area contributed by atoms with Gasteiger partial charge in [0.25, 0.3) is 0 Å². The molecule has 0 saturated carbocycles. The molecule has 0 aliphatic heterocycles. The first kappa shape index (κ1) is 10.0. The summed E-state index contributed by atoms with van der Waals surface area (Å²) in [5.74, 6) is -1.22. The minimum absolute atomic E-state index is 0.0793. The summed E-state index contributed by atoms with van der Waals surface area (Å²) in [4.78, 5) is 10.3. The molecule has 2 N–H and O–H groups in total. The van der Waals surface area contributed by atoms with E-state index in [1.54, 1.807) is 24.3 Å². The summed E-state index contributed by atoms with van der Waals surface area (Å²) in [6, 6.07) is 6.76. The fraction of sp³-hybridized carbons (Fsp3) is 0.222. The van der Waals surface area contributed by atoms with E-state index in [9.17, 15) is 4.79 Å². The molecule has 0 bridgehead atoms. The van der Waals surface area contributed by atoms with Crippen LogP contribution in [0.25, 0.3) is 0 Å². The van der Waals surface area contributed by atoms with Gasteiger partial charge in [-0.05, 0) is 17.7 Å². The molecular weight excluding hydrogens is 192 g/mol. The topological polar surface area (TPSA) is 57.5 Å². The Labute approximate surface area is 80.6 Å². The van der Waals surface area contributed by atoms with Gasteiger partial charge in [-0.15, -0.1) is 0 Å². The van der Waals surface area contributed by atoms with Gasteiger partial charge in [0.1, 0.15) is 0 Å². The zero-order valence-corrected chi connectivity index (χ0v) is 7.53. The summed E-state index contributed by atoms with van der Waals surface area (Å²) in [6.45, 7) is 0. The summed E-state index contributed by atoms with van der Waals surface area (Å²) in [5, 5.41) is 18.0. The number of carboxylic acid groups (broad SMARTS) is 1. The van der Waals surface area contributed by atoms with E-state index in [-0.39, 0.29) is 6.42 Å². The number of hydrogen-bond donors (Lipinski definition) is 2. The predicted molar refractivity (Wildman–Crippen MR) is 48.8 cm³/mol. The maximum absolute atomic E-state index is 10.3. The fourth-order valence-corrected chi connectivity index (χ4v) is 1.19. The second-order valence-electron chi connectivity index (χ2n) is 2.69. The van der Waals surface area contributed by atoms with Gasteiger partial charge < -0.3 is 10.2 Å². The van der Waals surface area contributed by atoms with Gasteiger partial charge in [0, 0.05) is 11.4 Å². The van der Waals surface area contributed by atoms with Gasteiger partial charge in [0.15, 0.2) is 6.10 Å². The summed E-state index contributed by atoms with van der Waals surface area (Å²) in [7, 11) is 0. The molecule has 0 radical (unpaired) electrons. The number of benzene rings is 1. The maximum Gasteiger partial charge on any atom is 0.332 e. The Hall–Kier alpha value is -1.06. The number of halogens is 1. The van der Waals surface area contributed by atoms with Crippen LogP contribution in [0.15, 0.2) is 24.3 Å². The Morgan fingerprint density at radius 3 is 2.77 bits per heavy atom. The molecule has 1 rings (SSSR count). The molecule has 0 unspecified atom stereocenters. The highest BCUT2D eigenvalue weighted by Gasteiger charge is 2.13. The molecule has 70 valence electrons. The van der Waals surface area contributed by atoms with Crippen molar-refractivity contribution in [3.05, 3.63) is 34.9 Å². The van der Waals surface area contributed by atoms with E-state index in [2.05, 4.69) is 0 Å². The van der Waals surface area contributed by atoms with Gasteiger partial charge in [-0.3, -0.25) is 0 Å². The highest BCUT2D eigenvalue weighted by Crippen LogP contribution is 2.12. The SMILES string of the molecule is O=C(O)[C@@H](O)Cc1cccc(Cl)c1. The number of aliphatic hydroxyl groups is 1. The van der Waals surface area contributed by atoms with Gasteiger partial charge in [0.05, 0.1) is 0 Å². The van der Waals surface area contributed by atoms with Crippen LogP contribution in [0, 0.1) is 0 Å². The third-order valence-electron chi connectivity index (χ3n) is 1.60. The van der Waals surface area contributed by atoms with E-state index in [4.69, 9.17) is 21.8 Å². The molecule has 0 spiro atoms. The van der Waals surface area contributed by atoms with Gasteiger partial charge in [-0.1, -0.05) is 23.7 Å². The van der Waals surface area contributed by atoms with Crippen molar-refractivity contribution in [2.24, 2.45) is 0 Å². The molecule has 0 saturated heterocycles.